The van der Waals surface area contributed by atoms with Gasteiger partial charge in [0.1, 0.15) is 5.75 Å². The summed E-state index contributed by atoms with van der Waals surface area (Å²) < 4.78 is 31.5. The maximum absolute atomic E-state index is 13.9. The third-order valence-corrected chi connectivity index (χ3v) is 7.61. The van der Waals surface area contributed by atoms with Crippen molar-refractivity contribution in [2.75, 3.05) is 31.1 Å². The Morgan fingerprint density at radius 1 is 1.24 bits per heavy atom. The quantitative estimate of drug-likeness (QED) is 0.553. The molecule has 1 spiro atoms. The summed E-state index contributed by atoms with van der Waals surface area (Å²) in [5.74, 6) is -1.61. The van der Waals surface area contributed by atoms with Gasteiger partial charge in [-0.3, -0.25) is 14.4 Å². The second-order valence-corrected chi connectivity index (χ2v) is 10.5. The number of carboxylic acid groups (broad SMARTS) is 1. The highest BCUT2D eigenvalue weighted by Gasteiger charge is 2.52. The van der Waals surface area contributed by atoms with E-state index >= 15 is 0 Å². The first-order valence-corrected chi connectivity index (χ1v) is 13.0. The van der Waals surface area contributed by atoms with Crippen molar-refractivity contribution in [1.29, 1.82) is 0 Å². The van der Waals surface area contributed by atoms with Gasteiger partial charge in [0.15, 0.2) is 5.60 Å². The van der Waals surface area contributed by atoms with Gasteiger partial charge in [0.2, 0.25) is 0 Å². The Kier molecular flexibility index (Phi) is 7.80. The Balaban J connectivity index is 1.65. The molecule has 0 radical (unpaired) electrons. The first-order chi connectivity index (χ1) is 17.9. The van der Waals surface area contributed by atoms with Gasteiger partial charge in [-0.25, -0.2) is 4.79 Å². The molecule has 2 heterocycles. The Labute approximate surface area is 219 Å². The number of nitrogens with one attached hydrogen (secondary N) is 1. The summed E-state index contributed by atoms with van der Waals surface area (Å²) in [6.45, 7) is 5.90. The number of carbonyl (C=O) groups excluding carboxylic acids is 3. The highest BCUT2D eigenvalue weighted by Crippen LogP contribution is 2.47. The van der Waals surface area contributed by atoms with Gasteiger partial charge in [-0.1, -0.05) is 0 Å². The van der Waals surface area contributed by atoms with Crippen LogP contribution in [0.4, 0.5) is 19.3 Å². The normalized spacial score (nSPS) is 20.2. The van der Waals surface area contributed by atoms with E-state index in [9.17, 15) is 33.1 Å². The van der Waals surface area contributed by atoms with Crippen LogP contribution in [0.1, 0.15) is 61.9 Å². The number of aryl methyl sites for hydroxylation is 1. The van der Waals surface area contributed by atoms with Gasteiger partial charge in [0.05, 0.1) is 11.7 Å². The predicted octanol–water partition coefficient (Wildman–Crippen LogP) is 3.02. The van der Waals surface area contributed by atoms with Crippen molar-refractivity contribution in [1.82, 2.24) is 15.1 Å². The Hall–Kier alpha value is -3.44. The van der Waals surface area contributed by atoms with Crippen LogP contribution in [0.3, 0.4) is 0 Å². The SMILES string of the molecule is Cc1cc2c(cc1C(=O)N(C(C)C)[C@@H]1CCCN(C(=O)O)C1)N(CCNC(=O)C(F)F)C(=O)C1(CCC1)O2. The molecule has 1 saturated heterocycles. The van der Waals surface area contributed by atoms with E-state index in [0.717, 1.165) is 6.42 Å². The molecular formula is C26H34F2N4O6. The van der Waals surface area contributed by atoms with E-state index in [1.165, 1.54) is 9.80 Å². The number of alkyl halides is 2. The van der Waals surface area contributed by atoms with Crippen LogP contribution in [0.25, 0.3) is 0 Å². The lowest BCUT2D eigenvalue weighted by atomic mass is 9.77. The molecule has 4 amide bonds. The minimum atomic E-state index is -3.16. The standard InChI is InChI=1S/C26H34F2N4O6/c1-15(2)32(17-6-4-10-30(14-17)25(36)37)23(34)18-13-19-20(12-16(18)3)38-26(7-5-8-26)24(35)31(19)11-9-29-22(33)21(27)28/h12-13,15,17,21H,4-11,14H2,1-3H3,(H,29,33)(H,36,37)/t17-/m1/s1. The van der Waals surface area contributed by atoms with Gasteiger partial charge in [-0.05, 0) is 70.6 Å². The molecule has 10 nitrogen and oxygen atoms in total. The molecule has 0 unspecified atom stereocenters. The first kappa shape index (κ1) is 27.6. The number of likely N-dealkylation sites (tertiary alicyclic amines) is 1. The monoisotopic (exact) mass is 536 g/mol. The maximum atomic E-state index is 13.9. The van der Waals surface area contributed by atoms with E-state index in [2.05, 4.69) is 5.32 Å². The van der Waals surface area contributed by atoms with E-state index < -0.39 is 24.0 Å². The van der Waals surface area contributed by atoms with E-state index in [4.69, 9.17) is 4.74 Å². The number of ether oxygens (including phenoxy) is 1. The molecule has 0 bridgehead atoms. The van der Waals surface area contributed by atoms with Crippen LogP contribution in [0.2, 0.25) is 0 Å². The molecule has 2 fully saturated rings. The fourth-order valence-corrected chi connectivity index (χ4v) is 5.52. The Morgan fingerprint density at radius 2 is 1.95 bits per heavy atom. The fourth-order valence-electron chi connectivity index (χ4n) is 5.52. The van der Waals surface area contributed by atoms with Crippen molar-refractivity contribution in [3.63, 3.8) is 0 Å². The second kappa shape index (κ2) is 10.7. The molecule has 2 N–H and O–H groups in total. The number of rotatable bonds is 7. The summed E-state index contributed by atoms with van der Waals surface area (Å²) in [5.41, 5.74) is 0.296. The molecule has 1 aliphatic carbocycles. The molecule has 1 atom stereocenters. The number of hydrogen-bond donors (Lipinski definition) is 2. The summed E-state index contributed by atoms with van der Waals surface area (Å²) in [5, 5.41) is 11.6. The predicted molar refractivity (Wildman–Crippen MR) is 134 cm³/mol. The summed E-state index contributed by atoms with van der Waals surface area (Å²) in [4.78, 5) is 54.7. The van der Waals surface area contributed by atoms with Crippen molar-refractivity contribution in [3.8, 4) is 5.75 Å². The van der Waals surface area contributed by atoms with Gasteiger partial charge in [-0.15, -0.1) is 0 Å². The number of fused-ring (bicyclic) bond motifs is 1. The summed E-state index contributed by atoms with van der Waals surface area (Å²) in [6, 6.07) is 2.77. The molecule has 1 aromatic carbocycles. The summed E-state index contributed by atoms with van der Waals surface area (Å²) in [7, 11) is 0. The molecule has 2 aliphatic heterocycles. The van der Waals surface area contributed by atoms with Crippen molar-refractivity contribution in [3.05, 3.63) is 23.3 Å². The van der Waals surface area contributed by atoms with Crippen molar-refractivity contribution in [2.45, 2.75) is 77.0 Å². The van der Waals surface area contributed by atoms with E-state index in [1.54, 1.807) is 24.0 Å². The molecule has 38 heavy (non-hydrogen) atoms. The number of amides is 4. The van der Waals surface area contributed by atoms with Gasteiger partial charge >= 0.3 is 12.5 Å². The van der Waals surface area contributed by atoms with Crippen molar-refractivity contribution in [2.24, 2.45) is 0 Å². The Bertz CT molecular complexity index is 1120. The highest BCUT2D eigenvalue weighted by atomic mass is 19.3. The zero-order chi connectivity index (χ0) is 27.8. The third kappa shape index (κ3) is 5.12. The lowest BCUT2D eigenvalue weighted by Crippen LogP contribution is -2.61. The number of piperidine rings is 1. The number of benzene rings is 1. The molecule has 1 aromatic rings. The number of hydrogen-bond acceptors (Lipinski definition) is 5. The zero-order valence-electron chi connectivity index (χ0n) is 21.8. The van der Waals surface area contributed by atoms with E-state index in [-0.39, 0.29) is 43.5 Å². The lowest BCUT2D eigenvalue weighted by Gasteiger charge is -2.47. The van der Waals surface area contributed by atoms with Crippen LogP contribution in [0.5, 0.6) is 5.75 Å². The van der Waals surface area contributed by atoms with Crippen LogP contribution in [0.15, 0.2) is 12.1 Å². The largest absolute Gasteiger partial charge is 0.475 e. The second-order valence-electron chi connectivity index (χ2n) is 10.5. The highest BCUT2D eigenvalue weighted by molar-refractivity contribution is 6.05. The van der Waals surface area contributed by atoms with Crippen LogP contribution < -0.4 is 15.0 Å². The molecule has 12 heteroatoms. The minimum absolute atomic E-state index is 0.0593. The number of halogens is 2. The van der Waals surface area contributed by atoms with Gasteiger partial charge in [0.25, 0.3) is 17.7 Å². The first-order valence-electron chi connectivity index (χ1n) is 13.0. The van der Waals surface area contributed by atoms with Crippen molar-refractivity contribution < 1.29 is 37.8 Å². The minimum Gasteiger partial charge on any atom is -0.475 e. The smallest absolute Gasteiger partial charge is 0.407 e. The van der Waals surface area contributed by atoms with Crippen LogP contribution >= 0.6 is 0 Å². The number of carbonyl (C=O) groups is 4. The van der Waals surface area contributed by atoms with Crippen molar-refractivity contribution >= 4 is 29.5 Å². The van der Waals surface area contributed by atoms with Crippen LogP contribution in [-0.4, -0.2) is 89.0 Å². The van der Waals surface area contributed by atoms with Gasteiger partial charge in [-0.2, -0.15) is 8.78 Å². The third-order valence-electron chi connectivity index (χ3n) is 7.61. The molecular weight excluding hydrogens is 502 g/mol. The molecule has 3 aliphatic rings. The molecule has 0 aromatic heterocycles. The summed E-state index contributed by atoms with van der Waals surface area (Å²) >= 11 is 0. The molecule has 1 saturated carbocycles. The molecule has 4 rings (SSSR count). The topological polar surface area (TPSA) is 119 Å². The van der Waals surface area contributed by atoms with Crippen LogP contribution in [-0.2, 0) is 9.59 Å². The van der Waals surface area contributed by atoms with E-state index in [0.29, 0.717) is 54.8 Å². The zero-order valence-corrected chi connectivity index (χ0v) is 21.8. The lowest BCUT2D eigenvalue weighted by molar-refractivity contribution is -0.143. The maximum Gasteiger partial charge on any atom is 0.407 e. The van der Waals surface area contributed by atoms with Gasteiger partial charge < -0.3 is 29.9 Å². The number of anilines is 1. The van der Waals surface area contributed by atoms with Crippen LogP contribution in [0, 0.1) is 6.92 Å². The fraction of sp³-hybridized carbons (Fsp3) is 0.615. The number of nitrogens with zero attached hydrogens (tertiary/aromatic N) is 3. The van der Waals surface area contributed by atoms with E-state index in [1.807, 2.05) is 13.8 Å². The van der Waals surface area contributed by atoms with Gasteiger partial charge in [0, 0.05) is 37.8 Å². The molecule has 208 valence electrons. The Morgan fingerprint density at radius 3 is 2.53 bits per heavy atom. The average molecular weight is 537 g/mol. The average Bonchev–Trinajstić information content (AvgIpc) is 2.83. The summed E-state index contributed by atoms with van der Waals surface area (Å²) in [6.07, 6.45) is -1.03.